The molecule has 0 saturated heterocycles. The van der Waals surface area contributed by atoms with Crippen LogP contribution in [0.1, 0.15) is 25.7 Å². The predicted octanol–water partition coefficient (Wildman–Crippen LogP) is 4.15. The molecule has 0 unspecified atom stereocenters. The molecule has 10 heteroatoms. The first-order chi connectivity index (χ1) is 18.4. The predicted molar refractivity (Wildman–Crippen MR) is 143 cm³/mol. The van der Waals surface area contributed by atoms with Crippen molar-refractivity contribution in [3.63, 3.8) is 0 Å². The number of para-hydroxylation sites is 1. The summed E-state index contributed by atoms with van der Waals surface area (Å²) in [5.41, 5.74) is 2.48. The van der Waals surface area contributed by atoms with E-state index in [2.05, 4.69) is 10.0 Å². The molecule has 1 heterocycles. The number of carbonyl (C=O) groups is 2. The van der Waals surface area contributed by atoms with Crippen molar-refractivity contribution < 1.29 is 32.2 Å². The number of rotatable bonds is 12. The minimum atomic E-state index is -3.68. The SMILES string of the molecule is O=C(COC(=O)CCCCCNS(=O)(=O)c1ccc2c(c1)OCCO2)Nc1ccccc1-c1ccccc1. The third-order valence-corrected chi connectivity index (χ3v) is 7.28. The van der Waals surface area contributed by atoms with Crippen molar-refractivity contribution in [2.45, 2.75) is 30.6 Å². The normalized spacial score (nSPS) is 12.5. The molecular formula is C28H30N2O7S. The third kappa shape index (κ3) is 7.56. The maximum Gasteiger partial charge on any atom is 0.306 e. The van der Waals surface area contributed by atoms with E-state index in [1.807, 2.05) is 48.5 Å². The van der Waals surface area contributed by atoms with E-state index >= 15 is 0 Å². The maximum absolute atomic E-state index is 12.5. The summed E-state index contributed by atoms with van der Waals surface area (Å²) in [6, 6.07) is 21.6. The Hall–Kier alpha value is -3.89. The third-order valence-electron chi connectivity index (χ3n) is 5.82. The summed E-state index contributed by atoms with van der Waals surface area (Å²) in [5.74, 6) is 0.0342. The van der Waals surface area contributed by atoms with Gasteiger partial charge < -0.3 is 19.5 Å². The topological polar surface area (TPSA) is 120 Å². The van der Waals surface area contributed by atoms with Gasteiger partial charge >= 0.3 is 5.97 Å². The van der Waals surface area contributed by atoms with E-state index in [0.29, 0.717) is 49.7 Å². The van der Waals surface area contributed by atoms with Gasteiger partial charge in [0.1, 0.15) is 13.2 Å². The first kappa shape index (κ1) is 27.2. The summed E-state index contributed by atoms with van der Waals surface area (Å²) in [7, 11) is -3.68. The van der Waals surface area contributed by atoms with Crippen LogP contribution in [0.4, 0.5) is 5.69 Å². The quantitative estimate of drug-likeness (QED) is 0.263. The first-order valence-electron chi connectivity index (χ1n) is 12.4. The number of carbonyl (C=O) groups excluding carboxylic acids is 2. The molecule has 1 aliphatic rings. The Morgan fingerprint density at radius 3 is 2.39 bits per heavy atom. The molecule has 1 aliphatic heterocycles. The minimum absolute atomic E-state index is 0.106. The number of ether oxygens (including phenoxy) is 3. The zero-order valence-electron chi connectivity index (χ0n) is 20.9. The largest absolute Gasteiger partial charge is 0.486 e. The lowest BCUT2D eigenvalue weighted by Gasteiger charge is -2.18. The number of hydrogen-bond acceptors (Lipinski definition) is 7. The van der Waals surface area contributed by atoms with Crippen LogP contribution in [0.5, 0.6) is 11.5 Å². The Labute approximate surface area is 222 Å². The van der Waals surface area contributed by atoms with E-state index in [4.69, 9.17) is 14.2 Å². The summed E-state index contributed by atoms with van der Waals surface area (Å²) < 4.78 is 43.6. The Morgan fingerprint density at radius 1 is 0.842 bits per heavy atom. The van der Waals surface area contributed by atoms with Gasteiger partial charge in [-0.1, -0.05) is 55.0 Å². The van der Waals surface area contributed by atoms with E-state index in [0.717, 1.165) is 11.1 Å². The highest BCUT2D eigenvalue weighted by Gasteiger charge is 2.19. The van der Waals surface area contributed by atoms with E-state index in [1.165, 1.54) is 12.1 Å². The van der Waals surface area contributed by atoms with Crippen molar-refractivity contribution in [2.24, 2.45) is 0 Å². The molecule has 0 bridgehead atoms. The molecule has 0 saturated carbocycles. The highest BCUT2D eigenvalue weighted by Crippen LogP contribution is 2.32. The number of esters is 1. The van der Waals surface area contributed by atoms with Crippen molar-refractivity contribution >= 4 is 27.6 Å². The van der Waals surface area contributed by atoms with Gasteiger partial charge in [0.2, 0.25) is 10.0 Å². The summed E-state index contributed by atoms with van der Waals surface area (Å²) in [6.07, 6.45) is 1.83. The standard InChI is InChI=1S/C28H30N2O7S/c31-27(30-24-12-7-6-11-23(24)21-9-3-1-4-10-21)20-37-28(32)13-5-2-8-16-29-38(33,34)22-14-15-25-26(19-22)36-18-17-35-25/h1,3-4,6-7,9-12,14-15,19,29H,2,5,8,13,16-18,20H2,(H,30,31). The molecule has 0 spiro atoms. The van der Waals surface area contributed by atoms with Crippen LogP contribution < -0.4 is 19.5 Å². The summed E-state index contributed by atoms with van der Waals surface area (Å²) in [4.78, 5) is 24.5. The number of nitrogens with one attached hydrogen (secondary N) is 2. The number of benzene rings is 3. The number of anilines is 1. The van der Waals surface area contributed by atoms with Crippen molar-refractivity contribution in [1.29, 1.82) is 0 Å². The number of fused-ring (bicyclic) bond motifs is 1. The lowest BCUT2D eigenvalue weighted by molar-refractivity contribution is -0.147. The fourth-order valence-electron chi connectivity index (χ4n) is 3.92. The van der Waals surface area contributed by atoms with Crippen LogP contribution in [0.25, 0.3) is 11.1 Å². The summed E-state index contributed by atoms with van der Waals surface area (Å²) >= 11 is 0. The molecule has 200 valence electrons. The van der Waals surface area contributed by atoms with Crippen molar-refractivity contribution in [1.82, 2.24) is 4.72 Å². The molecule has 2 N–H and O–H groups in total. The number of amides is 1. The Balaban J connectivity index is 1.13. The van der Waals surface area contributed by atoms with Gasteiger partial charge in [-0.25, -0.2) is 13.1 Å². The fourth-order valence-corrected chi connectivity index (χ4v) is 5.01. The van der Waals surface area contributed by atoms with E-state index in [9.17, 15) is 18.0 Å². The highest BCUT2D eigenvalue weighted by molar-refractivity contribution is 7.89. The average molecular weight is 539 g/mol. The molecule has 3 aromatic carbocycles. The first-order valence-corrected chi connectivity index (χ1v) is 13.9. The van der Waals surface area contributed by atoms with Crippen molar-refractivity contribution in [3.8, 4) is 22.6 Å². The van der Waals surface area contributed by atoms with Gasteiger partial charge in [0.05, 0.1) is 4.90 Å². The van der Waals surface area contributed by atoms with Gasteiger partial charge in [0, 0.05) is 30.3 Å². The zero-order chi connectivity index (χ0) is 26.8. The van der Waals surface area contributed by atoms with Gasteiger partial charge in [0.15, 0.2) is 18.1 Å². The van der Waals surface area contributed by atoms with Crippen molar-refractivity contribution in [2.75, 3.05) is 31.7 Å². The average Bonchev–Trinajstić information content (AvgIpc) is 2.94. The second-order valence-corrected chi connectivity index (χ2v) is 10.4. The lowest BCUT2D eigenvalue weighted by atomic mass is 10.0. The minimum Gasteiger partial charge on any atom is -0.486 e. The zero-order valence-corrected chi connectivity index (χ0v) is 21.7. The van der Waals surface area contributed by atoms with Crippen LogP contribution >= 0.6 is 0 Å². The van der Waals surface area contributed by atoms with E-state index < -0.39 is 21.9 Å². The summed E-state index contributed by atoms with van der Waals surface area (Å²) in [5, 5.41) is 2.80. The van der Waals surface area contributed by atoms with Crippen LogP contribution in [0.3, 0.4) is 0 Å². The van der Waals surface area contributed by atoms with E-state index in [1.54, 1.807) is 12.1 Å². The monoisotopic (exact) mass is 538 g/mol. The molecule has 0 aromatic heterocycles. The Morgan fingerprint density at radius 2 is 1.58 bits per heavy atom. The molecule has 0 radical (unpaired) electrons. The number of sulfonamides is 1. The highest BCUT2D eigenvalue weighted by atomic mass is 32.2. The molecule has 0 aliphatic carbocycles. The van der Waals surface area contributed by atoms with Crippen LogP contribution in [0, 0.1) is 0 Å². The number of unbranched alkanes of at least 4 members (excludes halogenated alkanes) is 2. The molecule has 0 atom stereocenters. The van der Waals surface area contributed by atoms with Gasteiger partial charge in [0.25, 0.3) is 5.91 Å². The van der Waals surface area contributed by atoms with Crippen LogP contribution in [-0.2, 0) is 24.3 Å². The van der Waals surface area contributed by atoms with Gasteiger partial charge in [-0.05, 0) is 36.6 Å². The molecular weight excluding hydrogens is 508 g/mol. The fraction of sp³-hybridized carbons (Fsp3) is 0.286. The molecule has 0 fully saturated rings. The summed E-state index contributed by atoms with van der Waals surface area (Å²) in [6.45, 7) is 0.660. The van der Waals surface area contributed by atoms with Crippen LogP contribution in [-0.4, -0.2) is 46.7 Å². The van der Waals surface area contributed by atoms with E-state index in [-0.39, 0.29) is 24.5 Å². The van der Waals surface area contributed by atoms with Gasteiger partial charge in [-0.15, -0.1) is 0 Å². The Bertz CT molecular complexity index is 1360. The lowest BCUT2D eigenvalue weighted by Crippen LogP contribution is -2.25. The van der Waals surface area contributed by atoms with Crippen LogP contribution in [0.2, 0.25) is 0 Å². The van der Waals surface area contributed by atoms with Gasteiger partial charge in [-0.3, -0.25) is 9.59 Å². The van der Waals surface area contributed by atoms with Crippen LogP contribution in [0.15, 0.2) is 77.7 Å². The second-order valence-electron chi connectivity index (χ2n) is 8.63. The molecule has 4 rings (SSSR count). The molecule has 1 amide bonds. The molecule has 9 nitrogen and oxygen atoms in total. The second kappa shape index (κ2) is 13.1. The van der Waals surface area contributed by atoms with Gasteiger partial charge in [-0.2, -0.15) is 0 Å². The smallest absolute Gasteiger partial charge is 0.306 e. The number of hydrogen-bond donors (Lipinski definition) is 2. The molecule has 38 heavy (non-hydrogen) atoms. The molecule has 3 aromatic rings. The van der Waals surface area contributed by atoms with Crippen molar-refractivity contribution in [3.05, 3.63) is 72.8 Å². The maximum atomic E-state index is 12.5. The Kier molecular flexibility index (Phi) is 9.34.